The molecule has 0 saturated carbocycles. The summed E-state index contributed by atoms with van der Waals surface area (Å²) in [7, 11) is 0. The summed E-state index contributed by atoms with van der Waals surface area (Å²) in [6.45, 7) is -0.548. The Labute approximate surface area is 136 Å². The standard InChI is InChI=1S/C11H9F13O2/c1-5(4-26-5)25-3-2-6(12,13)7(14,15)8(16,17)9(18,19)10(20,21)11(22,23)24/h2-4H2,1H3. The van der Waals surface area contributed by atoms with E-state index >= 15 is 0 Å². The molecule has 0 spiro atoms. The Hall–Kier alpha value is -0.990. The number of rotatable bonds is 8. The van der Waals surface area contributed by atoms with E-state index in [0.717, 1.165) is 6.92 Å². The lowest BCUT2D eigenvalue weighted by atomic mass is 9.93. The van der Waals surface area contributed by atoms with Crippen molar-refractivity contribution in [2.24, 2.45) is 0 Å². The number of alkyl halides is 13. The molecular weight excluding hydrogens is 411 g/mol. The fourth-order valence-electron chi connectivity index (χ4n) is 1.54. The lowest BCUT2D eigenvalue weighted by molar-refractivity contribution is -0.440. The maximum absolute atomic E-state index is 13.3. The molecule has 26 heavy (non-hydrogen) atoms. The van der Waals surface area contributed by atoms with Gasteiger partial charge in [0.25, 0.3) is 0 Å². The Balaban J connectivity index is 3.12. The second-order valence-electron chi connectivity index (χ2n) is 5.52. The van der Waals surface area contributed by atoms with Crippen molar-refractivity contribution in [3.05, 3.63) is 0 Å². The van der Waals surface area contributed by atoms with Gasteiger partial charge in [0.15, 0.2) is 5.79 Å². The molecule has 1 heterocycles. The second kappa shape index (κ2) is 6.01. The van der Waals surface area contributed by atoms with Crippen LogP contribution in [0.5, 0.6) is 0 Å². The minimum atomic E-state index is -7.88. The summed E-state index contributed by atoms with van der Waals surface area (Å²) in [6.07, 6.45) is -9.80. The van der Waals surface area contributed by atoms with Crippen molar-refractivity contribution in [2.75, 3.05) is 13.2 Å². The predicted molar refractivity (Wildman–Crippen MR) is 55.7 cm³/mol. The van der Waals surface area contributed by atoms with Crippen LogP contribution in [0.2, 0.25) is 0 Å². The van der Waals surface area contributed by atoms with E-state index in [1.165, 1.54) is 0 Å². The lowest BCUT2D eigenvalue weighted by Gasteiger charge is -2.39. The van der Waals surface area contributed by atoms with Crippen molar-refractivity contribution < 1.29 is 66.5 Å². The van der Waals surface area contributed by atoms with Crippen LogP contribution < -0.4 is 0 Å². The first-order valence-electron chi connectivity index (χ1n) is 6.40. The maximum Gasteiger partial charge on any atom is 0.460 e. The minimum absolute atomic E-state index is 0.193. The molecule has 15 heteroatoms. The fraction of sp³-hybridized carbons (Fsp3) is 1.00. The van der Waals surface area contributed by atoms with Crippen molar-refractivity contribution in [3.8, 4) is 0 Å². The molecular formula is C11H9F13O2. The normalized spacial score (nSPS) is 23.3. The topological polar surface area (TPSA) is 21.8 Å². The van der Waals surface area contributed by atoms with Crippen LogP contribution in [-0.4, -0.2) is 54.8 Å². The molecule has 1 aliphatic rings. The Kier molecular flexibility index (Phi) is 5.32. The van der Waals surface area contributed by atoms with Gasteiger partial charge in [-0.3, -0.25) is 0 Å². The molecule has 0 aromatic heterocycles. The molecule has 1 rings (SSSR count). The molecule has 0 aliphatic carbocycles. The molecule has 0 bridgehead atoms. The Morgan fingerprint density at radius 1 is 0.731 bits per heavy atom. The zero-order valence-corrected chi connectivity index (χ0v) is 12.4. The van der Waals surface area contributed by atoms with Crippen molar-refractivity contribution in [3.63, 3.8) is 0 Å². The highest BCUT2D eigenvalue weighted by Gasteiger charge is 2.90. The Morgan fingerprint density at radius 2 is 1.12 bits per heavy atom. The van der Waals surface area contributed by atoms with Gasteiger partial charge in [-0.15, -0.1) is 0 Å². The monoisotopic (exact) mass is 420 g/mol. The maximum atomic E-state index is 13.3. The summed E-state index contributed by atoms with van der Waals surface area (Å²) in [5.74, 6) is -38.2. The van der Waals surface area contributed by atoms with Gasteiger partial charge in [0.1, 0.15) is 6.61 Å². The van der Waals surface area contributed by atoms with E-state index < -0.39 is 54.6 Å². The van der Waals surface area contributed by atoms with Crippen LogP contribution in [-0.2, 0) is 9.47 Å². The molecule has 0 aromatic carbocycles. The van der Waals surface area contributed by atoms with E-state index in [0.29, 0.717) is 0 Å². The summed E-state index contributed by atoms with van der Waals surface area (Å²) in [6, 6.07) is 0. The van der Waals surface area contributed by atoms with Gasteiger partial charge in [0.2, 0.25) is 0 Å². The van der Waals surface area contributed by atoms with Crippen LogP contribution in [0.4, 0.5) is 57.1 Å². The highest BCUT2D eigenvalue weighted by molar-refractivity contribution is 5.10. The number of ether oxygens (including phenoxy) is 2. The van der Waals surface area contributed by atoms with Gasteiger partial charge in [0, 0.05) is 6.42 Å². The molecule has 1 aliphatic heterocycles. The second-order valence-corrected chi connectivity index (χ2v) is 5.52. The summed E-state index contributed by atoms with van der Waals surface area (Å²) in [4.78, 5) is 0. The average Bonchev–Trinajstić information content (AvgIpc) is 3.14. The van der Waals surface area contributed by atoms with Gasteiger partial charge >= 0.3 is 35.8 Å². The number of halogens is 13. The van der Waals surface area contributed by atoms with Crippen LogP contribution in [0.3, 0.4) is 0 Å². The van der Waals surface area contributed by atoms with E-state index in [-0.39, 0.29) is 6.61 Å². The molecule has 1 atom stereocenters. The van der Waals surface area contributed by atoms with E-state index in [1.807, 2.05) is 0 Å². The highest BCUT2D eigenvalue weighted by atomic mass is 19.4. The van der Waals surface area contributed by atoms with Gasteiger partial charge in [-0.1, -0.05) is 0 Å². The van der Waals surface area contributed by atoms with E-state index in [2.05, 4.69) is 9.47 Å². The SMILES string of the molecule is CC1(OCCC(F)(F)C(F)(F)C(F)(F)C(F)(F)C(F)(F)C(F)(F)F)CO1. The fourth-order valence-corrected chi connectivity index (χ4v) is 1.54. The first kappa shape index (κ1) is 23.0. The highest BCUT2D eigenvalue weighted by Crippen LogP contribution is 2.60. The van der Waals surface area contributed by atoms with Gasteiger partial charge in [0.05, 0.1) is 6.61 Å². The summed E-state index contributed by atoms with van der Waals surface area (Å²) < 4.78 is 175. The number of hydrogen-bond donors (Lipinski definition) is 0. The van der Waals surface area contributed by atoms with Crippen molar-refractivity contribution >= 4 is 0 Å². The molecule has 1 fully saturated rings. The molecule has 156 valence electrons. The number of epoxide rings is 1. The van der Waals surface area contributed by atoms with Crippen LogP contribution in [0.25, 0.3) is 0 Å². The molecule has 2 nitrogen and oxygen atoms in total. The van der Waals surface area contributed by atoms with E-state index in [1.54, 1.807) is 0 Å². The van der Waals surface area contributed by atoms with Gasteiger partial charge in [-0.2, -0.15) is 57.1 Å². The predicted octanol–water partition coefficient (Wildman–Crippen LogP) is 4.88. The molecule has 0 radical (unpaired) electrons. The minimum Gasteiger partial charge on any atom is -0.348 e. The Morgan fingerprint density at radius 3 is 1.46 bits per heavy atom. The zero-order valence-electron chi connectivity index (χ0n) is 12.4. The quantitative estimate of drug-likeness (QED) is 0.413. The van der Waals surface area contributed by atoms with Crippen molar-refractivity contribution in [1.29, 1.82) is 0 Å². The van der Waals surface area contributed by atoms with Crippen LogP contribution in [0.15, 0.2) is 0 Å². The smallest absolute Gasteiger partial charge is 0.348 e. The summed E-state index contributed by atoms with van der Waals surface area (Å²) in [5.41, 5.74) is 0. The zero-order chi connectivity index (χ0) is 21.0. The molecule has 1 saturated heterocycles. The average molecular weight is 420 g/mol. The third-order valence-corrected chi connectivity index (χ3v) is 3.37. The third kappa shape index (κ3) is 3.43. The third-order valence-electron chi connectivity index (χ3n) is 3.37. The van der Waals surface area contributed by atoms with Gasteiger partial charge in [-0.25, -0.2) is 0 Å². The van der Waals surface area contributed by atoms with Crippen molar-refractivity contribution in [1.82, 2.24) is 0 Å². The van der Waals surface area contributed by atoms with Crippen LogP contribution >= 0.6 is 0 Å². The van der Waals surface area contributed by atoms with Gasteiger partial charge in [-0.05, 0) is 6.92 Å². The summed E-state index contributed by atoms with van der Waals surface area (Å²) in [5, 5.41) is 0. The molecule has 0 aromatic rings. The van der Waals surface area contributed by atoms with Crippen LogP contribution in [0, 0.1) is 0 Å². The van der Waals surface area contributed by atoms with Crippen molar-refractivity contribution in [2.45, 2.75) is 54.9 Å². The van der Waals surface area contributed by atoms with E-state index in [9.17, 15) is 57.1 Å². The molecule has 0 N–H and O–H groups in total. The first-order chi connectivity index (χ1) is 11.2. The van der Waals surface area contributed by atoms with Gasteiger partial charge < -0.3 is 9.47 Å². The first-order valence-corrected chi connectivity index (χ1v) is 6.40. The van der Waals surface area contributed by atoms with E-state index in [4.69, 9.17) is 0 Å². The number of hydrogen-bond acceptors (Lipinski definition) is 2. The molecule has 0 amide bonds. The summed E-state index contributed by atoms with van der Waals surface area (Å²) >= 11 is 0. The van der Waals surface area contributed by atoms with Crippen LogP contribution in [0.1, 0.15) is 13.3 Å². The molecule has 1 unspecified atom stereocenters. The lowest BCUT2D eigenvalue weighted by Crippen LogP contribution is -2.70. The largest absolute Gasteiger partial charge is 0.460 e. The Bertz CT molecular complexity index is 521.